The van der Waals surface area contributed by atoms with Crippen LogP contribution in [0.15, 0.2) is 0 Å². The molecule has 4 radical (unpaired) electrons. The summed E-state index contributed by atoms with van der Waals surface area (Å²) in [4.78, 5) is 12.2. The third-order valence-electron chi connectivity index (χ3n) is 6.55. The van der Waals surface area contributed by atoms with Gasteiger partial charge in [-0.2, -0.15) is 0 Å². The lowest BCUT2D eigenvalue weighted by Crippen LogP contribution is -2.50. The van der Waals surface area contributed by atoms with Crippen LogP contribution in [0.5, 0.6) is 0 Å². The Balaban J connectivity index is 1.92. The van der Waals surface area contributed by atoms with E-state index in [0.717, 1.165) is 32.1 Å². The second kappa shape index (κ2) is 3.84. The summed E-state index contributed by atoms with van der Waals surface area (Å²) in [5, 5.41) is 0. The van der Waals surface area contributed by atoms with Gasteiger partial charge in [0.05, 0.1) is 0 Å². The van der Waals surface area contributed by atoms with E-state index in [9.17, 15) is 4.79 Å². The van der Waals surface area contributed by atoms with E-state index in [4.69, 9.17) is 13.8 Å². The fourth-order valence-corrected chi connectivity index (χ4v) is 5.19. The third-order valence-corrected chi connectivity index (χ3v) is 6.55. The summed E-state index contributed by atoms with van der Waals surface area (Å²) in [6, 6.07) is 0. The highest BCUT2D eigenvalue weighted by Gasteiger charge is 2.57. The molecule has 0 bridgehead atoms. The molecule has 0 unspecified atom stereocenters. The summed E-state index contributed by atoms with van der Waals surface area (Å²) < 4.78 is 0. The van der Waals surface area contributed by atoms with E-state index >= 15 is 0 Å². The van der Waals surface area contributed by atoms with Gasteiger partial charge in [-0.25, -0.2) is 0 Å². The van der Waals surface area contributed by atoms with Gasteiger partial charge in [-0.05, 0) is 75.0 Å². The fourth-order valence-electron chi connectivity index (χ4n) is 5.19. The number of hydrogen-bond donors (Lipinski definition) is 0. The molecule has 18 heavy (non-hydrogen) atoms. The molecule has 0 heterocycles. The van der Waals surface area contributed by atoms with Crippen LogP contribution in [-0.4, -0.2) is 5.78 Å². The molecule has 0 amide bonds. The molecule has 0 aliphatic heterocycles. The molecule has 3 aliphatic rings. The summed E-state index contributed by atoms with van der Waals surface area (Å²) >= 11 is 0. The number of ketones is 1. The first-order valence-electron chi connectivity index (χ1n) is 7.45. The SMILES string of the molecule is [CH][C@@H]1CC[C@@H]2[C@H](CC[C@]3(C)C(=O)CC[C@@H]23)[C@]1([CH])C. The molecule has 3 aliphatic carbocycles. The van der Waals surface area contributed by atoms with Gasteiger partial charge in [0, 0.05) is 11.8 Å². The molecule has 3 rings (SSSR count). The van der Waals surface area contributed by atoms with Crippen LogP contribution in [0.1, 0.15) is 52.4 Å². The summed E-state index contributed by atoms with van der Waals surface area (Å²) in [6.07, 6.45) is 6.18. The molecular formula is C17H24O. The van der Waals surface area contributed by atoms with Gasteiger partial charge in [0.2, 0.25) is 0 Å². The number of hydrogen-bond acceptors (Lipinski definition) is 1. The van der Waals surface area contributed by atoms with Crippen molar-refractivity contribution < 1.29 is 4.79 Å². The minimum atomic E-state index is -0.240. The molecule has 1 heteroatoms. The maximum absolute atomic E-state index is 12.2. The van der Waals surface area contributed by atoms with Crippen molar-refractivity contribution in [2.24, 2.45) is 34.5 Å². The third kappa shape index (κ3) is 1.48. The molecule has 0 aromatic carbocycles. The number of fused-ring (bicyclic) bond motifs is 3. The molecular weight excluding hydrogens is 220 g/mol. The Morgan fingerprint density at radius 3 is 2.56 bits per heavy atom. The molecule has 0 aromatic rings. The van der Waals surface area contributed by atoms with Crippen molar-refractivity contribution in [2.75, 3.05) is 0 Å². The van der Waals surface area contributed by atoms with Crippen LogP contribution in [0.4, 0.5) is 0 Å². The van der Waals surface area contributed by atoms with E-state index in [2.05, 4.69) is 13.8 Å². The second-order valence-corrected chi connectivity index (χ2v) is 7.34. The Hall–Kier alpha value is -0.330. The molecule has 3 saturated carbocycles. The Labute approximate surface area is 112 Å². The highest BCUT2D eigenvalue weighted by atomic mass is 16.1. The number of rotatable bonds is 0. The predicted octanol–water partition coefficient (Wildman–Crippen LogP) is 3.84. The standard InChI is InChI=1S/C17H24O/c1-11-5-6-12-13(16(11,2)3)9-10-17(4)14(12)7-8-15(17)18/h1-2,11-14H,5-10H2,3-4H3/t11-,12-,13+,14+,16-,17+/m1/s1. The van der Waals surface area contributed by atoms with Gasteiger partial charge < -0.3 is 0 Å². The Morgan fingerprint density at radius 2 is 1.83 bits per heavy atom. The van der Waals surface area contributed by atoms with E-state index in [-0.39, 0.29) is 16.7 Å². The zero-order valence-electron chi connectivity index (χ0n) is 11.6. The minimum absolute atomic E-state index is 0.0430. The highest BCUT2D eigenvalue weighted by molar-refractivity contribution is 5.87. The predicted molar refractivity (Wildman–Crippen MR) is 71.5 cm³/mol. The van der Waals surface area contributed by atoms with Crippen molar-refractivity contribution in [2.45, 2.75) is 52.4 Å². The van der Waals surface area contributed by atoms with E-state index in [1.807, 2.05) is 0 Å². The lowest BCUT2D eigenvalue weighted by Gasteiger charge is -2.56. The molecule has 0 aromatic heterocycles. The molecule has 3 fully saturated rings. The summed E-state index contributed by atoms with van der Waals surface area (Å²) in [5.41, 5.74) is -0.283. The zero-order chi connectivity index (χ0) is 13.1. The molecule has 0 spiro atoms. The van der Waals surface area contributed by atoms with Crippen molar-refractivity contribution in [3.05, 3.63) is 13.8 Å². The molecule has 0 N–H and O–H groups in total. The Kier molecular flexibility index (Phi) is 2.70. The van der Waals surface area contributed by atoms with Gasteiger partial charge in [0.15, 0.2) is 0 Å². The summed E-state index contributed by atoms with van der Waals surface area (Å²) in [5.74, 6) is 2.34. The molecule has 6 atom stereocenters. The maximum Gasteiger partial charge on any atom is 0.139 e. The number of carbonyl (C=O) groups excluding carboxylic acids is 1. The van der Waals surface area contributed by atoms with Crippen LogP contribution in [0.2, 0.25) is 0 Å². The van der Waals surface area contributed by atoms with Crippen molar-refractivity contribution in [1.82, 2.24) is 0 Å². The zero-order valence-corrected chi connectivity index (χ0v) is 11.6. The van der Waals surface area contributed by atoms with Crippen molar-refractivity contribution >= 4 is 5.78 Å². The molecule has 1 nitrogen and oxygen atoms in total. The summed E-state index contributed by atoms with van der Waals surface area (Å²) in [6.45, 7) is 17.1. The quantitative estimate of drug-likeness (QED) is 0.633. The average molecular weight is 244 g/mol. The first kappa shape index (κ1) is 12.7. The van der Waals surface area contributed by atoms with Gasteiger partial charge in [0.1, 0.15) is 5.78 Å². The first-order chi connectivity index (χ1) is 8.37. The topological polar surface area (TPSA) is 17.1 Å². The first-order valence-corrected chi connectivity index (χ1v) is 7.45. The normalized spacial score (nSPS) is 50.8. The minimum Gasteiger partial charge on any atom is -0.299 e. The Morgan fingerprint density at radius 1 is 1.11 bits per heavy atom. The van der Waals surface area contributed by atoms with Gasteiger partial charge in [0.25, 0.3) is 0 Å². The van der Waals surface area contributed by atoms with Gasteiger partial charge >= 0.3 is 0 Å². The van der Waals surface area contributed by atoms with Crippen LogP contribution in [0.25, 0.3) is 0 Å². The largest absolute Gasteiger partial charge is 0.299 e. The van der Waals surface area contributed by atoms with Crippen molar-refractivity contribution in [3.63, 3.8) is 0 Å². The van der Waals surface area contributed by atoms with E-state index in [0.29, 0.717) is 23.5 Å². The lowest BCUT2D eigenvalue weighted by molar-refractivity contribution is -0.133. The molecule has 98 valence electrons. The lowest BCUT2D eigenvalue weighted by atomic mass is 9.48. The van der Waals surface area contributed by atoms with Crippen molar-refractivity contribution in [1.29, 1.82) is 0 Å². The van der Waals surface area contributed by atoms with Gasteiger partial charge in [-0.3, -0.25) is 4.79 Å². The number of carbonyl (C=O) groups is 1. The summed E-state index contributed by atoms with van der Waals surface area (Å²) in [7, 11) is 0. The second-order valence-electron chi connectivity index (χ2n) is 7.34. The smallest absolute Gasteiger partial charge is 0.139 e. The fraction of sp³-hybridized carbons (Fsp3) is 0.824. The van der Waals surface area contributed by atoms with E-state index < -0.39 is 0 Å². The van der Waals surface area contributed by atoms with E-state index in [1.165, 1.54) is 6.42 Å². The Bertz CT molecular complexity index is 370. The van der Waals surface area contributed by atoms with E-state index in [1.54, 1.807) is 0 Å². The van der Waals surface area contributed by atoms with Crippen LogP contribution in [0.3, 0.4) is 0 Å². The van der Waals surface area contributed by atoms with Gasteiger partial charge in [-0.15, -0.1) is 0 Å². The van der Waals surface area contributed by atoms with Crippen LogP contribution >= 0.6 is 0 Å². The van der Waals surface area contributed by atoms with Crippen molar-refractivity contribution in [3.8, 4) is 0 Å². The van der Waals surface area contributed by atoms with Crippen LogP contribution < -0.4 is 0 Å². The van der Waals surface area contributed by atoms with Crippen LogP contribution in [0, 0.1) is 48.3 Å². The maximum atomic E-state index is 12.2. The molecule has 0 saturated heterocycles. The average Bonchev–Trinajstić information content (AvgIpc) is 2.61. The van der Waals surface area contributed by atoms with Gasteiger partial charge in [-0.1, -0.05) is 13.8 Å². The number of Topliss-reactive ketones (excluding diaryl/α,β-unsaturated/α-hetero) is 1. The monoisotopic (exact) mass is 244 g/mol. The van der Waals surface area contributed by atoms with Crippen LogP contribution in [-0.2, 0) is 4.79 Å². The highest BCUT2D eigenvalue weighted by Crippen LogP contribution is 2.62.